The van der Waals surface area contributed by atoms with Crippen molar-refractivity contribution < 1.29 is 18.3 Å². The predicted molar refractivity (Wildman–Crippen MR) is 65.4 cm³/mol. The van der Waals surface area contributed by atoms with Crippen molar-refractivity contribution in [1.82, 2.24) is 9.55 Å². The largest absolute Gasteiger partial charge is 0.463 e. The Balaban J connectivity index is 2.29. The van der Waals surface area contributed by atoms with Crippen LogP contribution in [0.15, 0.2) is 30.6 Å². The molecule has 0 saturated heterocycles. The molecule has 100 valence electrons. The summed E-state index contributed by atoms with van der Waals surface area (Å²) in [5, 5.41) is 0. The van der Waals surface area contributed by atoms with E-state index in [1.807, 2.05) is 0 Å². The smallest absolute Gasteiger partial charge is 0.335 e. The van der Waals surface area contributed by atoms with Crippen molar-refractivity contribution in [2.45, 2.75) is 13.5 Å². The summed E-state index contributed by atoms with van der Waals surface area (Å²) in [6, 6.07) is 2.05. The molecule has 0 spiro atoms. The molecule has 2 aromatic rings. The van der Waals surface area contributed by atoms with Crippen LogP contribution in [0.3, 0.4) is 0 Å². The molecule has 2 rings (SSSR count). The van der Waals surface area contributed by atoms with Crippen molar-refractivity contribution >= 4 is 17.0 Å². The Morgan fingerprint density at radius 2 is 2.11 bits per heavy atom. The number of imidazole rings is 1. The topological polar surface area (TPSA) is 44.1 Å². The number of carbonyl (C=O) groups excluding carboxylic acids is 1. The standard InChI is InChI=1S/C13H12F2N2O2/c1-3-19-13(18)8(2)6-17-7-16-11-4-9(14)10(15)5-12(11)17/h4-5,7H,2-3,6H2,1H3. The first-order valence-electron chi connectivity index (χ1n) is 5.67. The van der Waals surface area contributed by atoms with Gasteiger partial charge in [0.1, 0.15) is 0 Å². The van der Waals surface area contributed by atoms with Crippen molar-refractivity contribution in [3.8, 4) is 0 Å². The molecular weight excluding hydrogens is 254 g/mol. The highest BCUT2D eigenvalue weighted by Gasteiger charge is 2.13. The summed E-state index contributed by atoms with van der Waals surface area (Å²) < 4.78 is 32.5. The minimum absolute atomic E-state index is 0.112. The number of nitrogens with zero attached hydrogens (tertiary/aromatic N) is 2. The van der Waals surface area contributed by atoms with Gasteiger partial charge < -0.3 is 9.30 Å². The normalized spacial score (nSPS) is 10.7. The van der Waals surface area contributed by atoms with Crippen LogP contribution in [-0.2, 0) is 16.1 Å². The number of halogens is 2. The van der Waals surface area contributed by atoms with E-state index in [9.17, 15) is 13.6 Å². The SMILES string of the molecule is C=C(Cn1cnc2cc(F)c(F)cc21)C(=O)OCC. The fraction of sp³-hybridized carbons (Fsp3) is 0.231. The average Bonchev–Trinajstić information content (AvgIpc) is 2.73. The zero-order valence-electron chi connectivity index (χ0n) is 10.3. The third-order valence-electron chi connectivity index (χ3n) is 2.59. The molecule has 0 atom stereocenters. The predicted octanol–water partition coefficient (Wildman–Crippen LogP) is 2.43. The Morgan fingerprint density at radius 3 is 2.79 bits per heavy atom. The first-order chi connectivity index (χ1) is 9.02. The van der Waals surface area contributed by atoms with Gasteiger partial charge in [0.2, 0.25) is 0 Å². The first-order valence-corrected chi connectivity index (χ1v) is 5.67. The summed E-state index contributed by atoms with van der Waals surface area (Å²) >= 11 is 0. The molecule has 6 heteroatoms. The van der Waals surface area contributed by atoms with Crippen LogP contribution < -0.4 is 0 Å². The molecule has 1 aromatic carbocycles. The van der Waals surface area contributed by atoms with Crippen molar-refractivity contribution in [2.24, 2.45) is 0 Å². The van der Waals surface area contributed by atoms with E-state index in [1.165, 1.54) is 10.9 Å². The van der Waals surface area contributed by atoms with E-state index in [2.05, 4.69) is 11.6 Å². The third kappa shape index (κ3) is 2.62. The number of carbonyl (C=O) groups is 1. The summed E-state index contributed by atoms with van der Waals surface area (Å²) in [5.74, 6) is -2.44. The van der Waals surface area contributed by atoms with E-state index in [0.29, 0.717) is 11.0 Å². The second-order valence-corrected chi connectivity index (χ2v) is 3.95. The van der Waals surface area contributed by atoms with Gasteiger partial charge in [0.05, 0.1) is 30.5 Å². The van der Waals surface area contributed by atoms with Gasteiger partial charge in [-0.1, -0.05) is 6.58 Å². The monoisotopic (exact) mass is 266 g/mol. The Labute approximate surface area is 108 Å². The van der Waals surface area contributed by atoms with E-state index in [0.717, 1.165) is 12.1 Å². The molecule has 0 radical (unpaired) electrons. The number of esters is 1. The molecule has 0 amide bonds. The van der Waals surface area contributed by atoms with E-state index in [1.54, 1.807) is 6.92 Å². The Kier molecular flexibility index (Phi) is 3.59. The van der Waals surface area contributed by atoms with Crippen molar-refractivity contribution in [2.75, 3.05) is 6.61 Å². The maximum atomic E-state index is 13.2. The molecule has 1 aromatic heterocycles. The Bertz CT molecular complexity index is 649. The maximum Gasteiger partial charge on any atom is 0.335 e. The molecule has 0 fully saturated rings. The van der Waals surface area contributed by atoms with Crippen LogP contribution in [0, 0.1) is 11.6 Å². The summed E-state index contributed by atoms with van der Waals surface area (Å²) in [5.41, 5.74) is 0.922. The third-order valence-corrected chi connectivity index (χ3v) is 2.59. The quantitative estimate of drug-likeness (QED) is 0.630. The van der Waals surface area contributed by atoms with Gasteiger partial charge in [-0.05, 0) is 6.92 Å². The van der Waals surface area contributed by atoms with Gasteiger partial charge >= 0.3 is 5.97 Å². The van der Waals surface area contributed by atoms with Crippen molar-refractivity contribution in [1.29, 1.82) is 0 Å². The van der Waals surface area contributed by atoms with E-state index < -0.39 is 17.6 Å². The zero-order valence-corrected chi connectivity index (χ0v) is 10.3. The Morgan fingerprint density at radius 1 is 1.42 bits per heavy atom. The van der Waals surface area contributed by atoms with Crippen LogP contribution in [0.2, 0.25) is 0 Å². The van der Waals surface area contributed by atoms with Crippen LogP contribution in [0.5, 0.6) is 0 Å². The molecule has 1 heterocycles. The zero-order chi connectivity index (χ0) is 14.0. The summed E-state index contributed by atoms with van der Waals surface area (Å²) in [4.78, 5) is 15.4. The molecular formula is C13H12F2N2O2. The summed E-state index contributed by atoms with van der Waals surface area (Å²) in [6.07, 6.45) is 1.40. The van der Waals surface area contributed by atoms with Gasteiger partial charge in [-0.25, -0.2) is 18.6 Å². The van der Waals surface area contributed by atoms with Crippen LogP contribution >= 0.6 is 0 Å². The number of ether oxygens (including phenoxy) is 1. The van der Waals surface area contributed by atoms with Gasteiger partial charge in [-0.2, -0.15) is 0 Å². The van der Waals surface area contributed by atoms with Crippen LogP contribution in [0.25, 0.3) is 11.0 Å². The van der Waals surface area contributed by atoms with E-state index >= 15 is 0 Å². The second-order valence-electron chi connectivity index (χ2n) is 3.95. The number of aromatic nitrogens is 2. The van der Waals surface area contributed by atoms with E-state index in [-0.39, 0.29) is 18.7 Å². The molecule has 0 unspecified atom stereocenters. The molecule has 0 N–H and O–H groups in total. The molecule has 4 nitrogen and oxygen atoms in total. The van der Waals surface area contributed by atoms with Gasteiger partial charge in [-0.15, -0.1) is 0 Å². The lowest BCUT2D eigenvalue weighted by Gasteiger charge is -2.07. The van der Waals surface area contributed by atoms with Crippen LogP contribution in [0.4, 0.5) is 8.78 Å². The van der Waals surface area contributed by atoms with Crippen LogP contribution in [0.1, 0.15) is 6.92 Å². The molecule has 0 aliphatic carbocycles. The fourth-order valence-electron chi connectivity index (χ4n) is 1.68. The molecule has 0 saturated carbocycles. The molecule has 19 heavy (non-hydrogen) atoms. The molecule has 0 aliphatic rings. The van der Waals surface area contributed by atoms with Gasteiger partial charge in [-0.3, -0.25) is 0 Å². The maximum absolute atomic E-state index is 13.2. The lowest BCUT2D eigenvalue weighted by Crippen LogP contribution is -2.11. The number of fused-ring (bicyclic) bond motifs is 1. The summed E-state index contributed by atoms with van der Waals surface area (Å²) in [7, 11) is 0. The lowest BCUT2D eigenvalue weighted by molar-refractivity contribution is -0.138. The van der Waals surface area contributed by atoms with Crippen molar-refractivity contribution in [3.63, 3.8) is 0 Å². The number of hydrogen-bond donors (Lipinski definition) is 0. The Hall–Kier alpha value is -2.24. The number of hydrogen-bond acceptors (Lipinski definition) is 3. The minimum Gasteiger partial charge on any atom is -0.463 e. The highest BCUT2D eigenvalue weighted by atomic mass is 19.2. The highest BCUT2D eigenvalue weighted by molar-refractivity contribution is 5.88. The van der Waals surface area contributed by atoms with Gasteiger partial charge in [0.25, 0.3) is 0 Å². The van der Waals surface area contributed by atoms with Gasteiger partial charge in [0, 0.05) is 17.7 Å². The van der Waals surface area contributed by atoms with E-state index in [4.69, 9.17) is 4.74 Å². The second kappa shape index (κ2) is 5.17. The lowest BCUT2D eigenvalue weighted by atomic mass is 10.2. The molecule has 0 aliphatic heterocycles. The highest BCUT2D eigenvalue weighted by Crippen LogP contribution is 2.18. The summed E-state index contributed by atoms with van der Waals surface area (Å²) in [6.45, 7) is 5.66. The molecule has 0 bridgehead atoms. The number of benzene rings is 1. The average molecular weight is 266 g/mol. The van der Waals surface area contributed by atoms with Crippen LogP contribution in [-0.4, -0.2) is 22.1 Å². The first kappa shape index (κ1) is 13.2. The van der Waals surface area contributed by atoms with Crippen molar-refractivity contribution in [3.05, 3.63) is 42.2 Å². The fourth-order valence-corrected chi connectivity index (χ4v) is 1.68. The van der Waals surface area contributed by atoms with Gasteiger partial charge in [0.15, 0.2) is 11.6 Å². The number of rotatable bonds is 4. The minimum atomic E-state index is -0.962.